The highest BCUT2D eigenvalue weighted by molar-refractivity contribution is 7.99. The van der Waals surface area contributed by atoms with Crippen LogP contribution < -0.4 is 5.73 Å². The second kappa shape index (κ2) is 5.75. The van der Waals surface area contributed by atoms with E-state index in [1.54, 1.807) is 11.8 Å². The number of carboxylic acid groups (broad SMARTS) is 1. The third-order valence-corrected chi connectivity index (χ3v) is 4.33. The highest BCUT2D eigenvalue weighted by Crippen LogP contribution is 2.30. The summed E-state index contributed by atoms with van der Waals surface area (Å²) in [6, 6.07) is 1.15. The maximum absolute atomic E-state index is 10.9. The van der Waals surface area contributed by atoms with E-state index in [1.165, 1.54) is 0 Å². The third-order valence-electron chi connectivity index (χ3n) is 2.89. The maximum Gasteiger partial charge on any atom is 0.321 e. The molecule has 0 amide bonds. The first-order valence-corrected chi connectivity index (χ1v) is 6.92. The molecule has 1 atom stereocenters. The number of aliphatic carboxylic acids is 1. The molecule has 0 radical (unpaired) electrons. The van der Waals surface area contributed by atoms with Gasteiger partial charge in [-0.15, -0.1) is 11.8 Å². The molecule has 1 heterocycles. The molecule has 0 bridgehead atoms. The fraction of sp³-hybridized carbons (Fsp3) is 0.667. The molecule has 5 nitrogen and oxygen atoms in total. The number of aryl methyl sites for hydroxylation is 2. The predicted molar refractivity (Wildman–Crippen MR) is 73.6 cm³/mol. The Kier molecular flexibility index (Phi) is 4.81. The second-order valence-electron chi connectivity index (χ2n) is 4.80. The van der Waals surface area contributed by atoms with Gasteiger partial charge in [-0.25, -0.2) is 0 Å². The topological polar surface area (TPSA) is 81.1 Å². The molecule has 0 saturated heterocycles. The minimum Gasteiger partial charge on any atom is -0.480 e. The minimum absolute atomic E-state index is 0.511. The van der Waals surface area contributed by atoms with Crippen LogP contribution in [-0.4, -0.2) is 31.6 Å². The van der Waals surface area contributed by atoms with E-state index in [-0.39, 0.29) is 0 Å². The van der Waals surface area contributed by atoms with Crippen molar-refractivity contribution in [1.82, 2.24) is 9.78 Å². The van der Waals surface area contributed by atoms with Gasteiger partial charge in [0.25, 0.3) is 0 Å². The summed E-state index contributed by atoms with van der Waals surface area (Å²) in [7, 11) is 0. The molecule has 0 aliphatic carbocycles. The summed E-state index contributed by atoms with van der Waals surface area (Å²) in [5, 5.41) is 13.3. The van der Waals surface area contributed by atoms with E-state index in [0.717, 1.165) is 17.9 Å². The quantitative estimate of drug-likeness (QED) is 0.822. The van der Waals surface area contributed by atoms with Crippen LogP contribution in [0.25, 0.3) is 0 Å². The summed E-state index contributed by atoms with van der Waals surface area (Å²) in [6.45, 7) is 8.52. The minimum atomic E-state index is -0.965. The lowest BCUT2D eigenvalue weighted by atomic mass is 10.1. The maximum atomic E-state index is 10.9. The molecule has 0 fully saturated rings. The number of aromatic nitrogens is 2. The molecule has 0 saturated carbocycles. The Bertz CT molecular complexity index is 429. The van der Waals surface area contributed by atoms with Crippen molar-refractivity contribution in [2.45, 2.75) is 50.8 Å². The van der Waals surface area contributed by atoms with Gasteiger partial charge in [-0.1, -0.05) is 0 Å². The molecule has 0 aliphatic rings. The largest absolute Gasteiger partial charge is 0.480 e. The number of carboxylic acids is 1. The van der Waals surface area contributed by atoms with Crippen molar-refractivity contribution in [3.63, 3.8) is 0 Å². The number of hydrogen-bond acceptors (Lipinski definition) is 4. The first-order valence-electron chi connectivity index (χ1n) is 5.93. The lowest BCUT2D eigenvalue weighted by Gasteiger charge is -2.27. The Morgan fingerprint density at radius 2 is 2.28 bits per heavy atom. The first kappa shape index (κ1) is 15.0. The molecule has 3 N–H and O–H groups in total. The Morgan fingerprint density at radius 3 is 2.78 bits per heavy atom. The third kappa shape index (κ3) is 3.49. The van der Waals surface area contributed by atoms with Crippen molar-refractivity contribution in [3.05, 3.63) is 17.5 Å². The summed E-state index contributed by atoms with van der Waals surface area (Å²) in [6.07, 6.45) is 0. The van der Waals surface area contributed by atoms with Gasteiger partial charge in [-0.2, -0.15) is 5.10 Å². The van der Waals surface area contributed by atoms with E-state index in [2.05, 4.69) is 5.10 Å². The van der Waals surface area contributed by atoms with Crippen molar-refractivity contribution >= 4 is 17.7 Å². The summed E-state index contributed by atoms with van der Waals surface area (Å²) in [5.41, 5.74) is 7.77. The van der Waals surface area contributed by atoms with Crippen LogP contribution in [0.2, 0.25) is 0 Å². The van der Waals surface area contributed by atoms with E-state index in [1.807, 2.05) is 38.4 Å². The zero-order chi connectivity index (χ0) is 13.9. The molecule has 0 aliphatic heterocycles. The van der Waals surface area contributed by atoms with Gasteiger partial charge in [-0.05, 0) is 33.8 Å². The number of thioether (sulfide) groups is 1. The lowest BCUT2D eigenvalue weighted by Crippen LogP contribution is -2.46. The molecule has 102 valence electrons. The fourth-order valence-corrected chi connectivity index (χ4v) is 2.67. The van der Waals surface area contributed by atoms with Crippen LogP contribution in [0.1, 0.15) is 32.2 Å². The van der Waals surface area contributed by atoms with Crippen LogP contribution in [0.4, 0.5) is 0 Å². The van der Waals surface area contributed by atoms with E-state index in [0.29, 0.717) is 5.75 Å². The number of carbonyl (C=O) groups is 1. The van der Waals surface area contributed by atoms with E-state index in [4.69, 9.17) is 10.8 Å². The molecule has 6 heteroatoms. The Hall–Kier alpha value is -1.01. The molecule has 18 heavy (non-hydrogen) atoms. The molecule has 0 unspecified atom stereocenters. The Balaban J connectivity index is 2.72. The van der Waals surface area contributed by atoms with Crippen molar-refractivity contribution in [2.75, 3.05) is 0 Å². The molecule has 1 rings (SSSR count). The number of nitrogens with two attached hydrogens (primary N) is 1. The van der Waals surface area contributed by atoms with Gasteiger partial charge in [0.2, 0.25) is 0 Å². The Morgan fingerprint density at radius 1 is 1.67 bits per heavy atom. The monoisotopic (exact) mass is 271 g/mol. The average molecular weight is 271 g/mol. The summed E-state index contributed by atoms with van der Waals surface area (Å²) < 4.78 is 1.42. The van der Waals surface area contributed by atoms with Gasteiger partial charge < -0.3 is 10.8 Å². The highest BCUT2D eigenvalue weighted by Gasteiger charge is 2.32. The second-order valence-corrected chi connectivity index (χ2v) is 6.43. The predicted octanol–water partition coefficient (Wildman–Crippen LogP) is 1.64. The zero-order valence-electron chi connectivity index (χ0n) is 11.3. The van der Waals surface area contributed by atoms with Gasteiger partial charge in [0.05, 0.1) is 5.69 Å². The number of nitrogens with zero attached hydrogens (tertiary/aromatic N) is 2. The summed E-state index contributed by atoms with van der Waals surface area (Å²) in [4.78, 5) is 10.9. The SMILES string of the molecule is CCn1nc(C)cc1CSC(C)(C)[C@@H](N)C(=O)O. The summed E-state index contributed by atoms with van der Waals surface area (Å²) in [5.74, 6) is -0.254. The van der Waals surface area contributed by atoms with E-state index >= 15 is 0 Å². The molecule has 1 aromatic rings. The van der Waals surface area contributed by atoms with Gasteiger partial charge in [0.1, 0.15) is 6.04 Å². The average Bonchev–Trinajstić information content (AvgIpc) is 2.66. The highest BCUT2D eigenvalue weighted by atomic mass is 32.2. The molecular formula is C12H21N3O2S. The van der Waals surface area contributed by atoms with Gasteiger partial charge in [-0.3, -0.25) is 9.48 Å². The van der Waals surface area contributed by atoms with Crippen LogP contribution in [0, 0.1) is 6.92 Å². The van der Waals surface area contributed by atoms with Crippen LogP contribution in [0.3, 0.4) is 0 Å². The normalized spacial score (nSPS) is 13.6. The number of rotatable bonds is 6. The molecule has 1 aromatic heterocycles. The van der Waals surface area contributed by atoms with Crippen LogP contribution in [0.5, 0.6) is 0 Å². The number of hydrogen-bond donors (Lipinski definition) is 2. The lowest BCUT2D eigenvalue weighted by molar-refractivity contribution is -0.139. The zero-order valence-corrected chi connectivity index (χ0v) is 12.1. The van der Waals surface area contributed by atoms with Crippen LogP contribution in [0.15, 0.2) is 6.07 Å². The van der Waals surface area contributed by atoms with E-state index in [9.17, 15) is 4.79 Å². The van der Waals surface area contributed by atoms with Crippen molar-refractivity contribution in [1.29, 1.82) is 0 Å². The smallest absolute Gasteiger partial charge is 0.321 e. The first-order chi connectivity index (χ1) is 8.27. The summed E-state index contributed by atoms with van der Waals surface area (Å²) >= 11 is 1.54. The molecular weight excluding hydrogens is 250 g/mol. The van der Waals surface area contributed by atoms with Gasteiger partial charge in [0.15, 0.2) is 0 Å². The Labute approximate surface area is 112 Å². The van der Waals surface area contributed by atoms with Crippen molar-refractivity contribution < 1.29 is 9.90 Å². The van der Waals surface area contributed by atoms with Crippen LogP contribution in [-0.2, 0) is 17.1 Å². The van der Waals surface area contributed by atoms with Crippen molar-refractivity contribution in [3.8, 4) is 0 Å². The molecule has 0 aromatic carbocycles. The molecule has 0 spiro atoms. The standard InChI is InChI=1S/C12H21N3O2S/c1-5-15-9(6-8(2)14-15)7-18-12(3,4)10(13)11(16)17/h6,10H,5,7,13H2,1-4H3,(H,16,17)/t10-/m0/s1. The van der Waals surface area contributed by atoms with Crippen LogP contribution >= 0.6 is 11.8 Å². The fourth-order valence-electron chi connectivity index (χ4n) is 1.64. The van der Waals surface area contributed by atoms with Gasteiger partial charge >= 0.3 is 5.97 Å². The van der Waals surface area contributed by atoms with E-state index < -0.39 is 16.8 Å². The van der Waals surface area contributed by atoms with Crippen molar-refractivity contribution in [2.24, 2.45) is 5.73 Å². The van der Waals surface area contributed by atoms with Gasteiger partial charge in [0, 0.05) is 22.7 Å².